The van der Waals surface area contributed by atoms with Gasteiger partial charge in [-0.05, 0) is 12.1 Å². The molecular formula is C21H23F5N4O5Si. The largest absolute Gasteiger partial charge is 0.461 e. The van der Waals surface area contributed by atoms with Gasteiger partial charge in [-0.25, -0.2) is 9.37 Å². The Balaban J connectivity index is 2.10. The van der Waals surface area contributed by atoms with E-state index in [9.17, 15) is 36.9 Å². The molecule has 0 N–H and O–H groups in total. The van der Waals surface area contributed by atoms with Crippen LogP contribution in [-0.2, 0) is 18.0 Å². The fraction of sp³-hybridized carbons (Fsp3) is 0.429. The molecule has 0 aliphatic rings. The van der Waals surface area contributed by atoms with Crippen molar-refractivity contribution < 1.29 is 36.3 Å². The minimum atomic E-state index is -4.92. The van der Waals surface area contributed by atoms with Crippen molar-refractivity contribution in [2.45, 2.75) is 51.5 Å². The fourth-order valence-corrected chi connectivity index (χ4v) is 3.97. The van der Waals surface area contributed by atoms with Gasteiger partial charge in [0.05, 0.1) is 17.0 Å². The van der Waals surface area contributed by atoms with Gasteiger partial charge in [-0.3, -0.25) is 14.9 Å². The molecule has 0 spiro atoms. The highest BCUT2D eigenvalue weighted by Gasteiger charge is 2.44. The topological polar surface area (TPSA) is 101 Å². The molecule has 3 rings (SSSR count). The summed E-state index contributed by atoms with van der Waals surface area (Å²) < 4.78 is 79.0. The predicted molar refractivity (Wildman–Crippen MR) is 122 cm³/mol. The molecule has 196 valence electrons. The summed E-state index contributed by atoms with van der Waals surface area (Å²) in [5.41, 5.74) is -2.17. The molecular weight excluding hydrogens is 511 g/mol. The second kappa shape index (κ2) is 10.3. The summed E-state index contributed by atoms with van der Waals surface area (Å²) in [6.07, 6.45) is -7.87. The number of nitro groups is 1. The molecule has 0 radical (unpaired) electrons. The van der Waals surface area contributed by atoms with Crippen molar-refractivity contribution in [3.8, 4) is 5.75 Å². The Hall–Kier alpha value is -3.33. The summed E-state index contributed by atoms with van der Waals surface area (Å²) in [5, 5.41) is 11.1. The van der Waals surface area contributed by atoms with Gasteiger partial charge in [0.1, 0.15) is 23.9 Å². The van der Waals surface area contributed by atoms with E-state index < -0.39 is 54.9 Å². The smallest absolute Gasteiger partial charge is 0.426 e. The molecule has 0 atom stereocenters. The summed E-state index contributed by atoms with van der Waals surface area (Å²) in [5.74, 6) is -2.04. The summed E-state index contributed by atoms with van der Waals surface area (Å²) >= 11 is 0. The van der Waals surface area contributed by atoms with Crippen LogP contribution in [0.4, 0.5) is 27.6 Å². The lowest BCUT2D eigenvalue weighted by Crippen LogP contribution is -2.33. The Morgan fingerprint density at radius 2 is 1.94 bits per heavy atom. The fourth-order valence-electron chi connectivity index (χ4n) is 3.21. The molecule has 1 aromatic carbocycles. The maximum absolute atomic E-state index is 14.3. The van der Waals surface area contributed by atoms with E-state index in [0.29, 0.717) is 12.7 Å². The normalized spacial score (nSPS) is 12.5. The van der Waals surface area contributed by atoms with Crippen LogP contribution in [0.3, 0.4) is 0 Å². The first-order valence-corrected chi connectivity index (χ1v) is 14.4. The number of nitrogens with zero attached hydrogens (tertiary/aromatic N) is 4. The zero-order chi connectivity index (χ0) is 26.8. The third-order valence-corrected chi connectivity index (χ3v) is 6.79. The molecule has 15 heteroatoms. The van der Waals surface area contributed by atoms with E-state index in [-0.39, 0.29) is 23.6 Å². The van der Waals surface area contributed by atoms with Crippen LogP contribution >= 0.6 is 0 Å². The minimum absolute atomic E-state index is 0.0311. The Bertz CT molecular complexity index is 1320. The van der Waals surface area contributed by atoms with E-state index in [4.69, 9.17) is 4.74 Å². The molecule has 3 aromatic rings. The standard InChI is InChI=1S/C21H23F5N4O5Si/c1-36(2,3)8-7-34-12-29-15-9-13(22)10-16(35-21(25,26)20(23)24)18(15)27-17(29)11-28-6-4-5-14(19(28)31)30(32)33/h4-6,9-10,20H,7-8,11-12H2,1-3H3. The van der Waals surface area contributed by atoms with Gasteiger partial charge in [-0.1, -0.05) is 19.6 Å². The van der Waals surface area contributed by atoms with Crippen molar-refractivity contribution in [3.63, 3.8) is 0 Å². The van der Waals surface area contributed by atoms with Crippen molar-refractivity contribution in [2.75, 3.05) is 6.61 Å². The Morgan fingerprint density at radius 1 is 1.25 bits per heavy atom. The molecule has 0 amide bonds. The molecule has 0 saturated carbocycles. The number of ether oxygens (including phenoxy) is 2. The molecule has 0 fully saturated rings. The second-order valence-corrected chi connectivity index (χ2v) is 14.7. The highest BCUT2D eigenvalue weighted by atomic mass is 28.3. The van der Waals surface area contributed by atoms with Crippen LogP contribution < -0.4 is 10.3 Å². The number of halogens is 5. The first-order chi connectivity index (χ1) is 16.7. The van der Waals surface area contributed by atoms with Gasteiger partial charge in [0.2, 0.25) is 0 Å². The molecule has 0 bridgehead atoms. The predicted octanol–water partition coefficient (Wildman–Crippen LogP) is 4.84. The van der Waals surface area contributed by atoms with Crippen LogP contribution in [0, 0.1) is 15.9 Å². The van der Waals surface area contributed by atoms with Crippen molar-refractivity contribution in [1.29, 1.82) is 0 Å². The first kappa shape index (κ1) is 27.3. The molecule has 0 aliphatic heterocycles. The molecule has 9 nitrogen and oxygen atoms in total. The van der Waals surface area contributed by atoms with Crippen LogP contribution in [0.15, 0.2) is 35.3 Å². The van der Waals surface area contributed by atoms with Crippen LogP contribution in [0.1, 0.15) is 5.82 Å². The molecule has 2 aromatic heterocycles. The molecule has 36 heavy (non-hydrogen) atoms. The monoisotopic (exact) mass is 534 g/mol. The van der Waals surface area contributed by atoms with Gasteiger partial charge in [0, 0.05) is 39.1 Å². The lowest BCUT2D eigenvalue weighted by atomic mass is 10.3. The maximum Gasteiger partial charge on any atom is 0.461 e. The lowest BCUT2D eigenvalue weighted by molar-refractivity contribution is -0.386. The SMILES string of the molecule is C[Si](C)(C)CCOCn1c(Cn2cccc([N+](=O)[O-])c2=O)nc2c(OC(F)(F)C(F)F)cc(F)cc21. The summed E-state index contributed by atoms with van der Waals surface area (Å²) in [7, 11) is -1.48. The van der Waals surface area contributed by atoms with Gasteiger partial charge in [-0.15, -0.1) is 0 Å². The van der Waals surface area contributed by atoms with Crippen LogP contribution in [-0.4, -0.2) is 46.3 Å². The number of hydrogen-bond donors (Lipinski definition) is 0. The number of imidazole rings is 1. The maximum atomic E-state index is 14.3. The quantitative estimate of drug-likeness (QED) is 0.115. The minimum Gasteiger partial charge on any atom is -0.426 e. The highest BCUT2D eigenvalue weighted by molar-refractivity contribution is 6.76. The van der Waals surface area contributed by atoms with Gasteiger partial charge in [-0.2, -0.15) is 17.6 Å². The van der Waals surface area contributed by atoms with E-state index in [1.54, 1.807) is 0 Å². The average molecular weight is 535 g/mol. The van der Waals surface area contributed by atoms with E-state index in [0.717, 1.165) is 22.7 Å². The molecule has 2 heterocycles. The number of benzene rings is 1. The van der Waals surface area contributed by atoms with Crippen LogP contribution in [0.2, 0.25) is 25.7 Å². The van der Waals surface area contributed by atoms with E-state index >= 15 is 0 Å². The van der Waals surface area contributed by atoms with E-state index in [1.165, 1.54) is 16.8 Å². The number of fused-ring (bicyclic) bond motifs is 1. The number of aromatic nitrogens is 3. The zero-order valence-electron chi connectivity index (χ0n) is 19.5. The van der Waals surface area contributed by atoms with Crippen molar-refractivity contribution >= 4 is 24.8 Å². The Kier molecular flexibility index (Phi) is 7.83. The Morgan fingerprint density at radius 3 is 2.56 bits per heavy atom. The van der Waals surface area contributed by atoms with Gasteiger partial charge in [0.15, 0.2) is 5.75 Å². The first-order valence-electron chi connectivity index (χ1n) is 10.6. The second-order valence-electron chi connectivity index (χ2n) is 9.12. The third-order valence-electron chi connectivity index (χ3n) is 5.09. The summed E-state index contributed by atoms with van der Waals surface area (Å²) in [4.78, 5) is 26.9. The average Bonchev–Trinajstić information content (AvgIpc) is 3.08. The van der Waals surface area contributed by atoms with Crippen LogP contribution in [0.25, 0.3) is 11.0 Å². The van der Waals surface area contributed by atoms with E-state index in [2.05, 4.69) is 29.4 Å². The lowest BCUT2D eigenvalue weighted by Gasteiger charge is -2.17. The summed E-state index contributed by atoms with van der Waals surface area (Å²) in [6, 6.07) is 4.45. The highest BCUT2D eigenvalue weighted by Crippen LogP contribution is 2.34. The van der Waals surface area contributed by atoms with Crippen LogP contribution in [0.5, 0.6) is 5.75 Å². The van der Waals surface area contributed by atoms with Crippen molar-refractivity contribution in [3.05, 3.63) is 62.6 Å². The van der Waals surface area contributed by atoms with Gasteiger partial charge in [0.25, 0.3) is 0 Å². The van der Waals surface area contributed by atoms with Crippen molar-refractivity contribution in [1.82, 2.24) is 14.1 Å². The van der Waals surface area contributed by atoms with Gasteiger partial charge >= 0.3 is 23.8 Å². The molecule has 0 unspecified atom stereocenters. The zero-order valence-corrected chi connectivity index (χ0v) is 20.5. The van der Waals surface area contributed by atoms with Crippen molar-refractivity contribution in [2.24, 2.45) is 0 Å². The molecule has 0 saturated heterocycles. The number of alkyl halides is 4. The number of pyridine rings is 1. The number of rotatable bonds is 11. The van der Waals surface area contributed by atoms with E-state index in [1.807, 2.05) is 0 Å². The summed E-state index contributed by atoms with van der Waals surface area (Å²) in [6.45, 7) is 6.03. The third kappa shape index (κ3) is 6.26. The Labute approximate surface area is 202 Å². The van der Waals surface area contributed by atoms with Gasteiger partial charge < -0.3 is 18.6 Å². The molecule has 0 aliphatic carbocycles. The number of hydrogen-bond acceptors (Lipinski definition) is 6.